The number of hydrogen-bond donors (Lipinski definition) is 0. The van der Waals surface area contributed by atoms with Crippen molar-refractivity contribution in [3.05, 3.63) is 234 Å². The number of para-hydroxylation sites is 1. The molecule has 0 saturated heterocycles. The lowest BCUT2D eigenvalue weighted by Crippen LogP contribution is -2.32. The Bertz CT molecular complexity index is 3120. The summed E-state index contributed by atoms with van der Waals surface area (Å²) in [5, 5.41) is 0. The van der Waals surface area contributed by atoms with Gasteiger partial charge in [-0.15, -0.1) is 0 Å². The Morgan fingerprint density at radius 3 is 1.73 bits per heavy atom. The summed E-state index contributed by atoms with van der Waals surface area (Å²) in [4.78, 5) is 10.5. The lowest BCUT2D eigenvalue weighted by molar-refractivity contribution is 0.436. The zero-order valence-corrected chi connectivity index (χ0v) is 32.8. The summed E-state index contributed by atoms with van der Waals surface area (Å²) in [6.07, 6.45) is 6.55. The largest absolute Gasteiger partial charge is 0.457 e. The molecule has 3 nitrogen and oxygen atoms in total. The minimum absolute atomic E-state index is 0.507. The molecule has 0 radical (unpaired) electrons. The molecule has 60 heavy (non-hydrogen) atoms. The third kappa shape index (κ3) is 5.29. The van der Waals surface area contributed by atoms with Crippen molar-refractivity contribution >= 4 is 6.08 Å². The molecule has 2 aliphatic carbocycles. The Morgan fingerprint density at radius 2 is 0.983 bits per heavy atom. The molecule has 0 bridgehead atoms. The monoisotopic (exact) mass is 766 g/mol. The van der Waals surface area contributed by atoms with Gasteiger partial charge in [0.05, 0.1) is 16.8 Å². The van der Waals surface area contributed by atoms with E-state index in [2.05, 4.69) is 200 Å². The highest BCUT2D eigenvalue weighted by molar-refractivity contribution is 5.90. The fraction of sp³-hybridized carbons (Fsp3) is 0.0526. The summed E-state index contributed by atoms with van der Waals surface area (Å²) in [6.45, 7) is 0. The van der Waals surface area contributed by atoms with Crippen LogP contribution in [0.1, 0.15) is 39.8 Å². The number of nitrogens with zero attached hydrogens (tertiary/aromatic N) is 2. The highest BCUT2D eigenvalue weighted by atomic mass is 16.5. The van der Waals surface area contributed by atoms with Gasteiger partial charge >= 0.3 is 0 Å². The zero-order valence-electron chi connectivity index (χ0n) is 32.8. The van der Waals surface area contributed by atoms with Gasteiger partial charge in [0, 0.05) is 27.8 Å². The number of benzene rings is 8. The van der Waals surface area contributed by atoms with Crippen LogP contribution in [0.2, 0.25) is 0 Å². The average Bonchev–Trinajstić information content (AvgIpc) is 3.62. The van der Waals surface area contributed by atoms with Crippen LogP contribution in [-0.2, 0) is 11.8 Å². The maximum atomic E-state index is 6.70. The molecule has 0 atom stereocenters. The molecule has 0 saturated carbocycles. The Morgan fingerprint density at radius 1 is 0.400 bits per heavy atom. The predicted octanol–water partition coefficient (Wildman–Crippen LogP) is 14.2. The molecule has 0 amide bonds. The summed E-state index contributed by atoms with van der Waals surface area (Å²) in [5.41, 5.74) is 19.3. The molecule has 3 heteroatoms. The number of ether oxygens (including phenoxy) is 1. The smallest absolute Gasteiger partial charge is 0.160 e. The molecule has 0 unspecified atom stereocenters. The van der Waals surface area contributed by atoms with Gasteiger partial charge in [0.25, 0.3) is 0 Å². The van der Waals surface area contributed by atoms with Crippen LogP contribution in [0.15, 0.2) is 200 Å². The van der Waals surface area contributed by atoms with E-state index in [0.717, 1.165) is 74.9 Å². The first-order chi connectivity index (χ1) is 29.7. The maximum absolute atomic E-state index is 6.70. The first-order valence-electron chi connectivity index (χ1n) is 20.8. The van der Waals surface area contributed by atoms with Crippen molar-refractivity contribution in [2.24, 2.45) is 0 Å². The molecule has 282 valence electrons. The fourth-order valence-electron chi connectivity index (χ4n) is 9.98. The molecule has 9 aromatic rings. The van der Waals surface area contributed by atoms with Crippen LogP contribution >= 0.6 is 0 Å². The van der Waals surface area contributed by atoms with Crippen LogP contribution in [0.4, 0.5) is 0 Å². The Labute approximate surface area is 350 Å². The summed E-state index contributed by atoms with van der Waals surface area (Å²) < 4.78 is 6.70. The lowest BCUT2D eigenvalue weighted by atomic mass is 9.66. The van der Waals surface area contributed by atoms with E-state index in [-0.39, 0.29) is 0 Å². The van der Waals surface area contributed by atoms with Crippen LogP contribution in [-0.4, -0.2) is 9.97 Å². The minimum Gasteiger partial charge on any atom is -0.457 e. The van der Waals surface area contributed by atoms with Gasteiger partial charge in [-0.05, 0) is 92.7 Å². The Hall–Kier alpha value is -7.62. The molecule has 12 rings (SSSR count). The summed E-state index contributed by atoms with van der Waals surface area (Å²) >= 11 is 0. The second kappa shape index (κ2) is 13.8. The van der Waals surface area contributed by atoms with E-state index in [9.17, 15) is 0 Å². The molecule has 2 heterocycles. The Balaban J connectivity index is 0.976. The number of rotatable bonds is 5. The number of hydrogen-bond acceptors (Lipinski definition) is 3. The standard InChI is InChI=1S/C57H38N2O/c1-3-15-38(16-4-1)42-32-33-47(44-20-8-7-19-43(42)44)53-36-52(58-56(59-53)40-17-5-2-6-18-40)39-29-27-37(28-30-39)41-31-34-55-51(35-41)57(50-25-13-14-26-54(50)60-55)48-23-11-9-21-45(48)46-22-10-12-24-49(46)57/h1-7,9-19,21-36H,8,20H2. The number of aromatic nitrogens is 2. The maximum Gasteiger partial charge on any atom is 0.160 e. The van der Waals surface area contributed by atoms with E-state index >= 15 is 0 Å². The highest BCUT2D eigenvalue weighted by Crippen LogP contribution is 2.62. The molecule has 3 aliphatic rings. The van der Waals surface area contributed by atoms with Gasteiger partial charge in [-0.25, -0.2) is 9.97 Å². The van der Waals surface area contributed by atoms with E-state index < -0.39 is 5.41 Å². The minimum atomic E-state index is -0.507. The molecule has 0 N–H and O–H groups in total. The second-order valence-corrected chi connectivity index (χ2v) is 15.9. The van der Waals surface area contributed by atoms with Gasteiger partial charge in [-0.3, -0.25) is 0 Å². The van der Waals surface area contributed by atoms with Crippen molar-refractivity contribution in [3.63, 3.8) is 0 Å². The molecule has 1 spiro atoms. The van der Waals surface area contributed by atoms with Gasteiger partial charge in [0.1, 0.15) is 11.5 Å². The molecule has 1 aromatic heterocycles. The number of allylic oxidation sites excluding steroid dienone is 1. The first-order valence-corrected chi connectivity index (χ1v) is 20.8. The fourth-order valence-corrected chi connectivity index (χ4v) is 9.98. The van der Waals surface area contributed by atoms with Crippen LogP contribution < -0.4 is 4.74 Å². The van der Waals surface area contributed by atoms with E-state index in [1.54, 1.807) is 0 Å². The van der Waals surface area contributed by atoms with Crippen molar-refractivity contribution in [2.45, 2.75) is 18.3 Å². The second-order valence-electron chi connectivity index (χ2n) is 15.9. The van der Waals surface area contributed by atoms with E-state index in [1.807, 2.05) is 6.07 Å². The average molecular weight is 767 g/mol. The third-order valence-corrected chi connectivity index (χ3v) is 12.7. The Kier molecular flexibility index (Phi) is 7.89. The van der Waals surface area contributed by atoms with Crippen molar-refractivity contribution in [3.8, 4) is 78.8 Å². The van der Waals surface area contributed by atoms with Crippen LogP contribution in [0.25, 0.3) is 73.4 Å². The van der Waals surface area contributed by atoms with Crippen LogP contribution in [0.5, 0.6) is 11.5 Å². The van der Waals surface area contributed by atoms with E-state index in [1.165, 1.54) is 50.1 Å². The molecule has 0 fully saturated rings. The van der Waals surface area contributed by atoms with Gasteiger partial charge in [-0.2, -0.15) is 0 Å². The van der Waals surface area contributed by atoms with E-state index in [0.29, 0.717) is 0 Å². The topological polar surface area (TPSA) is 35.0 Å². The lowest BCUT2D eigenvalue weighted by Gasteiger charge is -2.39. The zero-order chi connectivity index (χ0) is 39.6. The van der Waals surface area contributed by atoms with Crippen LogP contribution in [0, 0.1) is 0 Å². The summed E-state index contributed by atoms with van der Waals surface area (Å²) in [5.74, 6) is 2.51. The normalized spacial score (nSPS) is 13.7. The summed E-state index contributed by atoms with van der Waals surface area (Å²) in [6, 6.07) is 69.5. The molecular weight excluding hydrogens is 729 g/mol. The summed E-state index contributed by atoms with van der Waals surface area (Å²) in [7, 11) is 0. The molecule has 8 aromatic carbocycles. The molecular formula is C57H38N2O. The van der Waals surface area contributed by atoms with Crippen molar-refractivity contribution in [1.82, 2.24) is 9.97 Å². The van der Waals surface area contributed by atoms with Crippen LogP contribution in [0.3, 0.4) is 0 Å². The SMILES string of the molecule is C1=Cc2c(-c3ccccc3)ccc(-c3cc(-c4ccc(-c5ccc6c(c5)C5(c7ccccc7O6)c6ccccc6-c6ccccc65)cc4)nc(-c4ccccc4)n3)c2CC1. The van der Waals surface area contributed by atoms with Gasteiger partial charge < -0.3 is 4.74 Å². The van der Waals surface area contributed by atoms with Gasteiger partial charge in [0.15, 0.2) is 5.82 Å². The van der Waals surface area contributed by atoms with Crippen molar-refractivity contribution < 1.29 is 4.74 Å². The van der Waals surface area contributed by atoms with Crippen molar-refractivity contribution in [1.29, 1.82) is 0 Å². The first kappa shape index (κ1) is 34.4. The quantitative estimate of drug-likeness (QED) is 0.175. The predicted molar refractivity (Wildman–Crippen MR) is 244 cm³/mol. The number of fused-ring (bicyclic) bond motifs is 10. The van der Waals surface area contributed by atoms with Gasteiger partial charge in [-0.1, -0.05) is 182 Å². The van der Waals surface area contributed by atoms with E-state index in [4.69, 9.17) is 14.7 Å². The van der Waals surface area contributed by atoms with Gasteiger partial charge in [0.2, 0.25) is 0 Å². The van der Waals surface area contributed by atoms with Crippen molar-refractivity contribution in [2.75, 3.05) is 0 Å². The molecule has 1 aliphatic heterocycles. The third-order valence-electron chi connectivity index (χ3n) is 12.7. The highest BCUT2D eigenvalue weighted by Gasteiger charge is 2.51.